The number of imidazole rings is 1. The number of ether oxygens (including phenoxy) is 1. The van der Waals surface area contributed by atoms with Crippen LogP contribution in [0.5, 0.6) is 0 Å². The first-order chi connectivity index (χ1) is 8.29. The molecule has 3 rings (SSSR count). The molecule has 0 bridgehead atoms. The van der Waals surface area contributed by atoms with E-state index in [1.165, 1.54) is 0 Å². The topological polar surface area (TPSA) is 53.1 Å². The predicted molar refractivity (Wildman–Crippen MR) is 66.5 cm³/mol. The van der Waals surface area contributed by atoms with E-state index in [-0.39, 0.29) is 6.10 Å². The zero-order valence-electron chi connectivity index (χ0n) is 10.0. The van der Waals surface area contributed by atoms with Gasteiger partial charge in [-0.05, 0) is 30.5 Å². The molecule has 90 valence electrons. The molecular weight excluding hydrogens is 214 g/mol. The molecule has 2 aromatic rings. The molecule has 0 amide bonds. The van der Waals surface area contributed by atoms with Gasteiger partial charge in [-0.1, -0.05) is 6.07 Å². The molecule has 0 saturated carbocycles. The Balaban J connectivity index is 2.11. The fourth-order valence-corrected chi connectivity index (χ4v) is 2.45. The molecule has 1 unspecified atom stereocenters. The summed E-state index contributed by atoms with van der Waals surface area (Å²) in [7, 11) is 2.05. The van der Waals surface area contributed by atoms with Gasteiger partial charge in [-0.15, -0.1) is 0 Å². The molecule has 1 atom stereocenters. The minimum absolute atomic E-state index is 0.161. The number of hydrogen-bond donors (Lipinski definition) is 1. The van der Waals surface area contributed by atoms with Gasteiger partial charge in [0.1, 0.15) is 11.9 Å². The van der Waals surface area contributed by atoms with Crippen LogP contribution in [0.15, 0.2) is 18.2 Å². The van der Waals surface area contributed by atoms with Crippen LogP contribution in [0.3, 0.4) is 0 Å². The van der Waals surface area contributed by atoms with Crippen LogP contribution in [0.2, 0.25) is 0 Å². The van der Waals surface area contributed by atoms with Gasteiger partial charge < -0.3 is 15.0 Å². The van der Waals surface area contributed by atoms with Gasteiger partial charge in [0.15, 0.2) is 0 Å². The fourth-order valence-electron chi connectivity index (χ4n) is 2.45. The standard InChI is InChI=1S/C13H17N3O/c1-16-11-7-9(8-14)4-5-10(11)15-13(16)12-3-2-6-17-12/h4-5,7,12H,2-3,6,8,14H2,1H3. The normalized spacial score (nSPS) is 20.2. The first-order valence-electron chi connectivity index (χ1n) is 6.06. The predicted octanol–water partition coefficient (Wildman–Crippen LogP) is 1.88. The number of nitrogens with zero attached hydrogens (tertiary/aromatic N) is 2. The Kier molecular flexibility index (Phi) is 2.61. The second-order valence-electron chi connectivity index (χ2n) is 4.56. The summed E-state index contributed by atoms with van der Waals surface area (Å²) in [4.78, 5) is 4.67. The Labute approximate surface area is 100 Å². The molecule has 1 aliphatic rings. The van der Waals surface area contributed by atoms with E-state index in [1.807, 2.05) is 19.2 Å². The van der Waals surface area contributed by atoms with Crippen molar-refractivity contribution in [3.05, 3.63) is 29.6 Å². The number of hydrogen-bond acceptors (Lipinski definition) is 3. The van der Waals surface area contributed by atoms with Crippen LogP contribution in [0, 0.1) is 0 Å². The molecule has 0 spiro atoms. The van der Waals surface area contributed by atoms with E-state index < -0.39 is 0 Å². The molecule has 2 heterocycles. The second kappa shape index (κ2) is 4.13. The monoisotopic (exact) mass is 231 g/mol. The van der Waals surface area contributed by atoms with Crippen LogP contribution in [-0.4, -0.2) is 16.2 Å². The summed E-state index contributed by atoms with van der Waals surface area (Å²) in [6.45, 7) is 1.41. The molecule has 0 aliphatic carbocycles. The maximum atomic E-state index is 5.70. The van der Waals surface area contributed by atoms with Gasteiger partial charge in [-0.3, -0.25) is 0 Å². The van der Waals surface area contributed by atoms with Crippen molar-refractivity contribution in [1.82, 2.24) is 9.55 Å². The molecule has 1 saturated heterocycles. The third kappa shape index (κ3) is 1.73. The summed E-state index contributed by atoms with van der Waals surface area (Å²) in [5.74, 6) is 1.03. The Hall–Kier alpha value is -1.39. The minimum Gasteiger partial charge on any atom is -0.370 e. The van der Waals surface area contributed by atoms with Gasteiger partial charge >= 0.3 is 0 Å². The maximum absolute atomic E-state index is 5.70. The zero-order chi connectivity index (χ0) is 11.8. The average Bonchev–Trinajstić information content (AvgIpc) is 2.97. The highest BCUT2D eigenvalue weighted by molar-refractivity contribution is 5.77. The Morgan fingerprint density at radius 3 is 3.12 bits per heavy atom. The van der Waals surface area contributed by atoms with Gasteiger partial charge in [0.25, 0.3) is 0 Å². The molecule has 17 heavy (non-hydrogen) atoms. The first-order valence-corrected chi connectivity index (χ1v) is 6.06. The second-order valence-corrected chi connectivity index (χ2v) is 4.56. The SMILES string of the molecule is Cn1c(C2CCCO2)nc2ccc(CN)cc21. The molecule has 1 aromatic carbocycles. The highest BCUT2D eigenvalue weighted by Crippen LogP contribution is 2.29. The lowest BCUT2D eigenvalue weighted by molar-refractivity contribution is 0.103. The van der Waals surface area contributed by atoms with Crippen molar-refractivity contribution in [2.24, 2.45) is 12.8 Å². The number of aryl methyl sites for hydroxylation is 1. The van der Waals surface area contributed by atoms with Crippen molar-refractivity contribution in [1.29, 1.82) is 0 Å². The van der Waals surface area contributed by atoms with Crippen LogP contribution in [0.25, 0.3) is 11.0 Å². The van der Waals surface area contributed by atoms with Crippen LogP contribution in [0.4, 0.5) is 0 Å². The lowest BCUT2D eigenvalue weighted by atomic mass is 10.2. The lowest BCUT2D eigenvalue weighted by Gasteiger charge is -2.08. The van der Waals surface area contributed by atoms with Gasteiger partial charge in [0.05, 0.1) is 11.0 Å². The van der Waals surface area contributed by atoms with E-state index in [1.54, 1.807) is 0 Å². The quantitative estimate of drug-likeness (QED) is 0.858. The number of benzene rings is 1. The molecule has 4 heteroatoms. The van der Waals surface area contributed by atoms with Crippen molar-refractivity contribution in [2.45, 2.75) is 25.5 Å². The third-order valence-electron chi connectivity index (χ3n) is 3.43. The van der Waals surface area contributed by atoms with Crippen LogP contribution >= 0.6 is 0 Å². The molecular formula is C13H17N3O. The average molecular weight is 231 g/mol. The van der Waals surface area contributed by atoms with Crippen LogP contribution in [0.1, 0.15) is 30.3 Å². The highest BCUT2D eigenvalue weighted by Gasteiger charge is 2.23. The van der Waals surface area contributed by atoms with Gasteiger partial charge in [-0.2, -0.15) is 0 Å². The van der Waals surface area contributed by atoms with Gasteiger partial charge in [-0.25, -0.2) is 4.98 Å². The molecule has 4 nitrogen and oxygen atoms in total. The first kappa shape index (κ1) is 10.7. The summed E-state index contributed by atoms with van der Waals surface area (Å²) in [6.07, 6.45) is 2.36. The van der Waals surface area contributed by atoms with E-state index in [0.717, 1.165) is 41.9 Å². The number of fused-ring (bicyclic) bond motifs is 1. The van der Waals surface area contributed by atoms with E-state index in [4.69, 9.17) is 10.5 Å². The van der Waals surface area contributed by atoms with Gasteiger partial charge in [0, 0.05) is 20.2 Å². The number of rotatable bonds is 2. The van der Waals surface area contributed by atoms with E-state index >= 15 is 0 Å². The number of nitrogens with two attached hydrogens (primary N) is 1. The number of aromatic nitrogens is 2. The molecule has 1 aliphatic heterocycles. The smallest absolute Gasteiger partial charge is 0.138 e. The van der Waals surface area contributed by atoms with Gasteiger partial charge in [0.2, 0.25) is 0 Å². The molecule has 1 fully saturated rings. The van der Waals surface area contributed by atoms with E-state index in [0.29, 0.717) is 6.54 Å². The zero-order valence-corrected chi connectivity index (χ0v) is 10.0. The summed E-state index contributed by atoms with van der Waals surface area (Å²) in [5.41, 5.74) is 8.96. The van der Waals surface area contributed by atoms with Crippen molar-refractivity contribution in [2.75, 3.05) is 6.61 Å². The maximum Gasteiger partial charge on any atom is 0.138 e. The van der Waals surface area contributed by atoms with Crippen molar-refractivity contribution in [3.8, 4) is 0 Å². The molecule has 0 radical (unpaired) electrons. The Morgan fingerprint density at radius 2 is 2.41 bits per heavy atom. The Bertz CT molecular complexity index is 541. The largest absolute Gasteiger partial charge is 0.370 e. The van der Waals surface area contributed by atoms with Crippen LogP contribution in [-0.2, 0) is 18.3 Å². The third-order valence-corrected chi connectivity index (χ3v) is 3.43. The summed E-state index contributed by atoms with van der Waals surface area (Å²) >= 11 is 0. The summed E-state index contributed by atoms with van der Waals surface area (Å²) < 4.78 is 7.83. The van der Waals surface area contributed by atoms with Crippen molar-refractivity contribution in [3.63, 3.8) is 0 Å². The fraction of sp³-hybridized carbons (Fsp3) is 0.462. The molecule has 2 N–H and O–H groups in total. The summed E-state index contributed by atoms with van der Waals surface area (Å²) in [6, 6.07) is 6.19. The van der Waals surface area contributed by atoms with Crippen molar-refractivity contribution < 1.29 is 4.74 Å². The minimum atomic E-state index is 0.161. The highest BCUT2D eigenvalue weighted by atomic mass is 16.5. The summed E-state index contributed by atoms with van der Waals surface area (Å²) in [5, 5.41) is 0. The van der Waals surface area contributed by atoms with Crippen LogP contribution < -0.4 is 5.73 Å². The molecule has 1 aromatic heterocycles. The Morgan fingerprint density at radius 1 is 1.53 bits per heavy atom. The van der Waals surface area contributed by atoms with E-state index in [2.05, 4.69) is 15.6 Å². The van der Waals surface area contributed by atoms with E-state index in [9.17, 15) is 0 Å². The van der Waals surface area contributed by atoms with Crippen molar-refractivity contribution >= 4 is 11.0 Å². The lowest BCUT2D eigenvalue weighted by Crippen LogP contribution is -2.04.